The highest BCUT2D eigenvalue weighted by atomic mass is 32.1. The van der Waals surface area contributed by atoms with Crippen LogP contribution in [0.2, 0.25) is 0 Å². The van der Waals surface area contributed by atoms with E-state index in [-0.39, 0.29) is 6.04 Å². The predicted octanol–water partition coefficient (Wildman–Crippen LogP) is 4.30. The quantitative estimate of drug-likeness (QED) is 0.906. The van der Waals surface area contributed by atoms with Crippen LogP contribution in [-0.4, -0.2) is 14.2 Å². The van der Waals surface area contributed by atoms with Crippen LogP contribution >= 0.6 is 11.3 Å². The second-order valence-electron chi connectivity index (χ2n) is 5.28. The van der Waals surface area contributed by atoms with Crippen LogP contribution in [0, 0.1) is 27.7 Å². The summed E-state index contributed by atoms with van der Waals surface area (Å²) in [4.78, 5) is 1.29. The Bertz CT molecular complexity index is 589. The number of hydrogen-bond acceptors (Lipinski definition) is 3. The lowest BCUT2D eigenvalue weighted by Gasteiger charge is -2.23. The Morgan fingerprint density at radius 1 is 1.05 bits per heavy atom. The van der Waals surface area contributed by atoms with Gasteiger partial charge in [0.1, 0.15) is 5.75 Å². The number of benzene rings is 1. The SMILES string of the molecule is CNC(c1cc(OC)cs1)c1c(C)c(C)cc(C)c1C. The molecule has 0 saturated heterocycles. The van der Waals surface area contributed by atoms with Gasteiger partial charge in [-0.05, 0) is 68.6 Å². The molecule has 108 valence electrons. The number of hydrogen-bond donors (Lipinski definition) is 1. The van der Waals surface area contributed by atoms with Crippen molar-refractivity contribution in [3.63, 3.8) is 0 Å². The maximum Gasteiger partial charge on any atom is 0.129 e. The van der Waals surface area contributed by atoms with E-state index in [4.69, 9.17) is 4.74 Å². The summed E-state index contributed by atoms with van der Waals surface area (Å²) in [6.07, 6.45) is 0. The van der Waals surface area contributed by atoms with E-state index in [1.54, 1.807) is 18.4 Å². The number of rotatable bonds is 4. The first kappa shape index (κ1) is 15.1. The number of nitrogens with one attached hydrogen (secondary N) is 1. The van der Waals surface area contributed by atoms with Crippen LogP contribution in [0.25, 0.3) is 0 Å². The molecule has 1 N–H and O–H groups in total. The Hall–Kier alpha value is -1.32. The normalized spacial score (nSPS) is 12.5. The zero-order chi connectivity index (χ0) is 14.9. The third-order valence-corrected chi connectivity index (χ3v) is 5.09. The van der Waals surface area contributed by atoms with Gasteiger partial charge in [0.15, 0.2) is 0 Å². The Kier molecular flexibility index (Phi) is 4.51. The lowest BCUT2D eigenvalue weighted by molar-refractivity contribution is 0.416. The van der Waals surface area contributed by atoms with Gasteiger partial charge in [-0.15, -0.1) is 11.3 Å². The van der Waals surface area contributed by atoms with Gasteiger partial charge in [0.05, 0.1) is 13.2 Å². The molecule has 2 rings (SSSR count). The Morgan fingerprint density at radius 2 is 1.65 bits per heavy atom. The molecule has 1 atom stereocenters. The Morgan fingerprint density at radius 3 is 2.10 bits per heavy atom. The molecule has 0 saturated carbocycles. The highest BCUT2D eigenvalue weighted by Gasteiger charge is 2.20. The number of ether oxygens (including phenoxy) is 1. The van der Waals surface area contributed by atoms with Crippen LogP contribution in [0.3, 0.4) is 0 Å². The van der Waals surface area contributed by atoms with Crippen LogP contribution in [0.15, 0.2) is 17.5 Å². The maximum atomic E-state index is 5.32. The molecule has 0 bridgehead atoms. The van der Waals surface area contributed by atoms with Gasteiger partial charge in [0, 0.05) is 10.3 Å². The molecule has 1 heterocycles. The molecule has 0 aliphatic carbocycles. The van der Waals surface area contributed by atoms with Crippen molar-refractivity contribution in [2.24, 2.45) is 0 Å². The summed E-state index contributed by atoms with van der Waals surface area (Å²) in [5.74, 6) is 0.935. The van der Waals surface area contributed by atoms with Crippen molar-refractivity contribution < 1.29 is 4.74 Å². The van der Waals surface area contributed by atoms with Crippen molar-refractivity contribution >= 4 is 11.3 Å². The fraction of sp³-hybridized carbons (Fsp3) is 0.412. The second-order valence-corrected chi connectivity index (χ2v) is 6.23. The minimum absolute atomic E-state index is 0.225. The molecular weight excluding hydrogens is 266 g/mol. The molecule has 0 amide bonds. The third kappa shape index (κ3) is 2.60. The van der Waals surface area contributed by atoms with Gasteiger partial charge in [-0.2, -0.15) is 0 Å². The molecule has 1 unspecified atom stereocenters. The first-order valence-electron chi connectivity index (χ1n) is 6.86. The van der Waals surface area contributed by atoms with Crippen molar-refractivity contribution in [1.29, 1.82) is 0 Å². The highest BCUT2D eigenvalue weighted by molar-refractivity contribution is 7.10. The molecule has 0 fully saturated rings. The fourth-order valence-corrected chi connectivity index (χ4v) is 3.67. The Balaban J connectivity index is 2.57. The molecule has 2 aromatic rings. The van der Waals surface area contributed by atoms with E-state index in [2.05, 4.69) is 50.5 Å². The van der Waals surface area contributed by atoms with Crippen molar-refractivity contribution in [2.45, 2.75) is 33.7 Å². The van der Waals surface area contributed by atoms with Gasteiger partial charge in [0.2, 0.25) is 0 Å². The minimum atomic E-state index is 0.225. The van der Waals surface area contributed by atoms with Gasteiger partial charge in [-0.25, -0.2) is 0 Å². The molecule has 0 radical (unpaired) electrons. The fourth-order valence-electron chi connectivity index (χ4n) is 2.70. The van der Waals surface area contributed by atoms with Crippen LogP contribution in [0.5, 0.6) is 5.75 Å². The molecule has 1 aromatic heterocycles. The van der Waals surface area contributed by atoms with Crippen LogP contribution in [0.1, 0.15) is 38.7 Å². The second kappa shape index (κ2) is 5.98. The average Bonchev–Trinajstić information content (AvgIpc) is 2.90. The van der Waals surface area contributed by atoms with Crippen molar-refractivity contribution in [3.8, 4) is 5.75 Å². The van der Waals surface area contributed by atoms with E-state index < -0.39 is 0 Å². The third-order valence-electron chi connectivity index (χ3n) is 4.12. The summed E-state index contributed by atoms with van der Waals surface area (Å²) in [5.41, 5.74) is 6.85. The van der Waals surface area contributed by atoms with Gasteiger partial charge in [-0.3, -0.25) is 0 Å². The van der Waals surface area contributed by atoms with Crippen LogP contribution < -0.4 is 10.1 Å². The number of thiophene rings is 1. The van der Waals surface area contributed by atoms with Gasteiger partial charge in [-0.1, -0.05) is 6.07 Å². The van der Waals surface area contributed by atoms with E-state index >= 15 is 0 Å². The first-order chi connectivity index (χ1) is 9.49. The molecule has 3 heteroatoms. The van der Waals surface area contributed by atoms with Crippen molar-refractivity contribution in [2.75, 3.05) is 14.2 Å². The highest BCUT2D eigenvalue weighted by Crippen LogP contribution is 2.35. The van der Waals surface area contributed by atoms with Gasteiger partial charge in [0.25, 0.3) is 0 Å². The van der Waals surface area contributed by atoms with Crippen molar-refractivity contribution in [1.82, 2.24) is 5.32 Å². The van der Waals surface area contributed by atoms with E-state index in [9.17, 15) is 0 Å². The van der Waals surface area contributed by atoms with Gasteiger partial charge >= 0.3 is 0 Å². The predicted molar refractivity (Wildman–Crippen MR) is 87.2 cm³/mol. The lowest BCUT2D eigenvalue weighted by Crippen LogP contribution is -2.19. The van der Waals surface area contributed by atoms with E-state index in [1.165, 1.54) is 32.7 Å². The summed E-state index contributed by atoms with van der Waals surface area (Å²) >= 11 is 1.74. The largest absolute Gasteiger partial charge is 0.496 e. The van der Waals surface area contributed by atoms with E-state index in [0.29, 0.717) is 0 Å². The topological polar surface area (TPSA) is 21.3 Å². The van der Waals surface area contributed by atoms with Crippen LogP contribution in [-0.2, 0) is 0 Å². The van der Waals surface area contributed by atoms with Gasteiger partial charge < -0.3 is 10.1 Å². The molecule has 20 heavy (non-hydrogen) atoms. The summed E-state index contributed by atoms with van der Waals surface area (Å²) in [6, 6.07) is 4.63. The summed E-state index contributed by atoms with van der Waals surface area (Å²) < 4.78 is 5.32. The number of methoxy groups -OCH3 is 1. The lowest BCUT2D eigenvalue weighted by atomic mass is 9.89. The molecule has 1 aromatic carbocycles. The molecule has 2 nitrogen and oxygen atoms in total. The first-order valence-corrected chi connectivity index (χ1v) is 7.74. The number of aryl methyl sites for hydroxylation is 2. The monoisotopic (exact) mass is 289 g/mol. The summed E-state index contributed by atoms with van der Waals surface area (Å²) in [5, 5.41) is 5.53. The zero-order valence-corrected chi connectivity index (χ0v) is 13.9. The summed E-state index contributed by atoms with van der Waals surface area (Å²) in [6.45, 7) is 8.80. The molecule has 0 aliphatic heterocycles. The zero-order valence-electron chi connectivity index (χ0n) is 13.1. The van der Waals surface area contributed by atoms with Crippen molar-refractivity contribution in [3.05, 3.63) is 50.2 Å². The molecule has 0 spiro atoms. The van der Waals surface area contributed by atoms with E-state index in [0.717, 1.165) is 5.75 Å². The Labute approximate surface area is 125 Å². The van der Waals surface area contributed by atoms with Crippen LogP contribution in [0.4, 0.5) is 0 Å². The smallest absolute Gasteiger partial charge is 0.129 e. The molecular formula is C17H23NOS. The van der Waals surface area contributed by atoms with E-state index in [1.807, 2.05) is 7.05 Å². The standard InChI is InChI=1S/C17H23NOS/c1-10-7-11(2)13(4)16(12(10)3)17(18-5)15-8-14(19-6)9-20-15/h7-9,17-18H,1-6H3. The minimum Gasteiger partial charge on any atom is -0.496 e. The molecule has 0 aliphatic rings. The summed E-state index contributed by atoms with van der Waals surface area (Å²) in [7, 11) is 3.74. The average molecular weight is 289 g/mol. The maximum absolute atomic E-state index is 5.32.